The van der Waals surface area contributed by atoms with Gasteiger partial charge in [0.1, 0.15) is 4.83 Å². The molecule has 0 saturated heterocycles. The molecule has 2 aromatic heterocycles. The van der Waals surface area contributed by atoms with Crippen molar-refractivity contribution < 1.29 is 4.79 Å². The van der Waals surface area contributed by atoms with Gasteiger partial charge in [-0.1, -0.05) is 6.42 Å². The molecular weight excluding hydrogens is 308 g/mol. The lowest BCUT2D eigenvalue weighted by atomic mass is 10.0. The Bertz CT molecular complexity index is 616. The summed E-state index contributed by atoms with van der Waals surface area (Å²) in [4.78, 5) is 14.2. The number of nitrogens with zero attached hydrogens (tertiary/aromatic N) is 2. The average molecular weight is 329 g/mol. The number of carbonyl (C=O) groups is 1. The van der Waals surface area contributed by atoms with E-state index in [1.165, 1.54) is 11.3 Å². The highest BCUT2D eigenvalue weighted by molar-refractivity contribution is 7.20. The molecule has 0 bridgehead atoms. The number of rotatable bonds is 3. The first-order chi connectivity index (χ1) is 9.60. The van der Waals surface area contributed by atoms with E-state index in [9.17, 15) is 4.79 Å². The van der Waals surface area contributed by atoms with Crippen LogP contribution in [-0.4, -0.2) is 28.3 Å². The summed E-state index contributed by atoms with van der Waals surface area (Å²) in [6.45, 7) is 2.62. The molecule has 7 heteroatoms. The number of aryl methyl sites for hydroxylation is 2. The molecule has 3 N–H and O–H groups in total. The zero-order valence-electron chi connectivity index (χ0n) is 12.3. The fourth-order valence-electron chi connectivity index (χ4n) is 3.07. The van der Waals surface area contributed by atoms with E-state index in [-0.39, 0.29) is 24.4 Å². The van der Waals surface area contributed by atoms with Crippen molar-refractivity contribution in [2.24, 2.45) is 18.7 Å². The Kier molecular flexibility index (Phi) is 4.91. The number of aromatic nitrogens is 2. The van der Waals surface area contributed by atoms with Crippen LogP contribution in [0.15, 0.2) is 6.07 Å². The molecule has 5 nitrogen and oxygen atoms in total. The van der Waals surface area contributed by atoms with Crippen LogP contribution < -0.4 is 11.1 Å². The molecule has 0 aliphatic heterocycles. The van der Waals surface area contributed by atoms with Crippen molar-refractivity contribution in [2.45, 2.75) is 32.2 Å². The number of nitrogens with one attached hydrogen (secondary N) is 1. The second kappa shape index (κ2) is 6.34. The molecule has 2 unspecified atom stereocenters. The average Bonchev–Trinajstić information content (AvgIpc) is 3.08. The largest absolute Gasteiger partial charge is 0.348 e. The Morgan fingerprint density at radius 1 is 1.57 bits per heavy atom. The Morgan fingerprint density at radius 3 is 3.00 bits per heavy atom. The highest BCUT2D eigenvalue weighted by Crippen LogP contribution is 2.29. The highest BCUT2D eigenvalue weighted by Gasteiger charge is 2.28. The summed E-state index contributed by atoms with van der Waals surface area (Å²) >= 11 is 1.50. The van der Waals surface area contributed by atoms with Gasteiger partial charge in [-0.2, -0.15) is 5.10 Å². The predicted molar refractivity (Wildman–Crippen MR) is 88.2 cm³/mol. The molecule has 2 heterocycles. The minimum absolute atomic E-state index is 0. The smallest absolute Gasteiger partial charge is 0.261 e. The SMILES string of the molecule is Cc1nn(C)c2sc(C(=O)NC3CCCC3CN)cc12.Cl. The van der Waals surface area contributed by atoms with E-state index in [1.807, 2.05) is 24.7 Å². The lowest BCUT2D eigenvalue weighted by molar-refractivity contribution is 0.0933. The quantitative estimate of drug-likeness (QED) is 0.907. The number of halogens is 1. The van der Waals surface area contributed by atoms with Crippen molar-refractivity contribution in [3.05, 3.63) is 16.6 Å². The van der Waals surface area contributed by atoms with Crippen LogP contribution in [0.2, 0.25) is 0 Å². The van der Waals surface area contributed by atoms with Gasteiger partial charge < -0.3 is 11.1 Å². The lowest BCUT2D eigenvalue weighted by Gasteiger charge is -2.18. The minimum Gasteiger partial charge on any atom is -0.348 e. The summed E-state index contributed by atoms with van der Waals surface area (Å²) in [5, 5.41) is 8.58. The third kappa shape index (κ3) is 2.93. The molecule has 2 aromatic rings. The van der Waals surface area contributed by atoms with Gasteiger partial charge in [0.15, 0.2) is 0 Å². The van der Waals surface area contributed by atoms with Crippen LogP contribution in [-0.2, 0) is 7.05 Å². The molecule has 0 radical (unpaired) electrons. The van der Waals surface area contributed by atoms with Crippen LogP contribution in [0.25, 0.3) is 10.2 Å². The van der Waals surface area contributed by atoms with E-state index < -0.39 is 0 Å². The molecule has 0 spiro atoms. The molecule has 21 heavy (non-hydrogen) atoms. The fourth-order valence-corrected chi connectivity index (χ4v) is 4.09. The molecule has 0 aromatic carbocycles. The number of hydrogen-bond donors (Lipinski definition) is 2. The van der Waals surface area contributed by atoms with Crippen molar-refractivity contribution in [1.29, 1.82) is 0 Å². The first-order valence-electron chi connectivity index (χ1n) is 7.04. The van der Waals surface area contributed by atoms with E-state index in [4.69, 9.17) is 5.73 Å². The number of amides is 1. The van der Waals surface area contributed by atoms with Gasteiger partial charge in [-0.25, -0.2) is 0 Å². The zero-order valence-corrected chi connectivity index (χ0v) is 13.9. The second-order valence-corrected chi connectivity index (χ2v) is 6.58. The summed E-state index contributed by atoms with van der Waals surface area (Å²) in [7, 11) is 1.91. The molecule has 1 aliphatic carbocycles. The van der Waals surface area contributed by atoms with E-state index in [1.54, 1.807) is 0 Å². The van der Waals surface area contributed by atoms with Crippen molar-refractivity contribution in [3.8, 4) is 0 Å². The predicted octanol–water partition coefficient (Wildman–Crippen LogP) is 2.22. The van der Waals surface area contributed by atoms with Gasteiger partial charge in [-0.05, 0) is 38.3 Å². The Labute approximate surface area is 134 Å². The van der Waals surface area contributed by atoms with E-state index in [0.29, 0.717) is 12.5 Å². The maximum Gasteiger partial charge on any atom is 0.261 e. The number of fused-ring (bicyclic) bond motifs is 1. The highest BCUT2D eigenvalue weighted by atomic mass is 35.5. The number of thiophene rings is 1. The third-order valence-electron chi connectivity index (χ3n) is 4.20. The van der Waals surface area contributed by atoms with Gasteiger partial charge in [-0.3, -0.25) is 9.48 Å². The van der Waals surface area contributed by atoms with E-state index in [2.05, 4.69) is 10.4 Å². The number of nitrogens with two attached hydrogens (primary N) is 1. The van der Waals surface area contributed by atoms with Crippen LogP contribution in [0.1, 0.15) is 34.6 Å². The van der Waals surface area contributed by atoms with Crippen LogP contribution in [0.3, 0.4) is 0 Å². The lowest BCUT2D eigenvalue weighted by Crippen LogP contribution is -2.39. The molecule has 1 aliphatic rings. The topological polar surface area (TPSA) is 72.9 Å². The maximum atomic E-state index is 12.4. The Morgan fingerprint density at radius 2 is 2.33 bits per heavy atom. The van der Waals surface area contributed by atoms with Crippen LogP contribution in [0.5, 0.6) is 0 Å². The van der Waals surface area contributed by atoms with Crippen molar-refractivity contribution >= 4 is 39.9 Å². The fraction of sp³-hybridized carbons (Fsp3) is 0.571. The molecule has 1 amide bonds. The standard InChI is InChI=1S/C14H20N4OS.ClH/c1-8-10-6-12(20-14(10)18(2)17-8)13(19)16-11-5-3-4-9(11)7-15;/h6,9,11H,3-5,7,15H2,1-2H3,(H,16,19);1H. The third-order valence-corrected chi connectivity index (χ3v) is 5.40. The summed E-state index contributed by atoms with van der Waals surface area (Å²) < 4.78 is 1.84. The molecule has 1 saturated carbocycles. The zero-order chi connectivity index (χ0) is 14.3. The normalized spacial score (nSPS) is 21.5. The molecule has 116 valence electrons. The van der Waals surface area contributed by atoms with Crippen LogP contribution in [0, 0.1) is 12.8 Å². The number of carbonyl (C=O) groups excluding carboxylic acids is 1. The van der Waals surface area contributed by atoms with Crippen LogP contribution >= 0.6 is 23.7 Å². The Balaban J connectivity index is 0.00000161. The van der Waals surface area contributed by atoms with Gasteiger partial charge in [0.25, 0.3) is 5.91 Å². The first-order valence-corrected chi connectivity index (χ1v) is 7.86. The number of hydrogen-bond acceptors (Lipinski definition) is 4. The molecular formula is C14H21ClN4OS. The van der Waals surface area contributed by atoms with Crippen molar-refractivity contribution in [1.82, 2.24) is 15.1 Å². The van der Waals surface area contributed by atoms with Gasteiger partial charge in [0.2, 0.25) is 0 Å². The van der Waals surface area contributed by atoms with Gasteiger partial charge in [0, 0.05) is 18.5 Å². The van der Waals surface area contributed by atoms with Crippen molar-refractivity contribution in [3.63, 3.8) is 0 Å². The van der Waals surface area contributed by atoms with Gasteiger partial charge >= 0.3 is 0 Å². The molecule has 1 fully saturated rings. The monoisotopic (exact) mass is 328 g/mol. The summed E-state index contributed by atoms with van der Waals surface area (Å²) in [6.07, 6.45) is 3.32. The van der Waals surface area contributed by atoms with E-state index in [0.717, 1.165) is 40.1 Å². The first kappa shape index (κ1) is 16.3. The summed E-state index contributed by atoms with van der Waals surface area (Å²) in [6, 6.07) is 2.18. The van der Waals surface area contributed by atoms with E-state index >= 15 is 0 Å². The summed E-state index contributed by atoms with van der Waals surface area (Å²) in [5.74, 6) is 0.452. The van der Waals surface area contributed by atoms with Crippen LogP contribution in [0.4, 0.5) is 0 Å². The van der Waals surface area contributed by atoms with Crippen molar-refractivity contribution in [2.75, 3.05) is 6.54 Å². The minimum atomic E-state index is 0. The molecule has 2 atom stereocenters. The molecule has 3 rings (SSSR count). The second-order valence-electron chi connectivity index (χ2n) is 5.55. The Hall–Kier alpha value is -1.11. The van der Waals surface area contributed by atoms with Gasteiger partial charge in [0.05, 0.1) is 10.6 Å². The summed E-state index contributed by atoms with van der Waals surface area (Å²) in [5.41, 5.74) is 6.73. The maximum absolute atomic E-state index is 12.4. The van der Waals surface area contributed by atoms with Gasteiger partial charge in [-0.15, -0.1) is 23.7 Å².